The van der Waals surface area contributed by atoms with Crippen LogP contribution in [0.3, 0.4) is 0 Å². The van der Waals surface area contributed by atoms with Crippen LogP contribution in [0.15, 0.2) is 23.2 Å². The number of H-pyrrole nitrogens is 1. The van der Waals surface area contributed by atoms with E-state index in [9.17, 15) is 8.42 Å². The lowest BCUT2D eigenvalue weighted by atomic mass is 10.2. The third kappa shape index (κ3) is 2.72. The third-order valence-electron chi connectivity index (χ3n) is 4.16. The number of imidazole rings is 1. The highest BCUT2D eigenvalue weighted by Gasteiger charge is 2.29. The molecule has 0 bridgehead atoms. The molecule has 22 heavy (non-hydrogen) atoms. The Hall–Kier alpha value is -1.89. The van der Waals surface area contributed by atoms with Gasteiger partial charge < -0.3 is 9.88 Å². The highest BCUT2D eigenvalue weighted by Crippen LogP contribution is 2.34. The van der Waals surface area contributed by atoms with Crippen molar-refractivity contribution >= 4 is 15.7 Å². The maximum atomic E-state index is 11.5. The second-order valence-corrected chi connectivity index (χ2v) is 7.82. The van der Waals surface area contributed by atoms with Gasteiger partial charge in [0.25, 0.3) is 0 Å². The van der Waals surface area contributed by atoms with E-state index in [4.69, 9.17) is 0 Å². The summed E-state index contributed by atoms with van der Waals surface area (Å²) in [5.41, 5.74) is 2.10. The Bertz CT molecular complexity index is 761. The smallest absolute Gasteiger partial charge is 0.177 e. The summed E-state index contributed by atoms with van der Waals surface area (Å²) in [7, 11) is -3.21. The molecule has 3 rings (SSSR count). The molecule has 0 spiro atoms. The summed E-state index contributed by atoms with van der Waals surface area (Å²) in [4.78, 5) is 14.7. The Balaban J connectivity index is 1.90. The summed E-state index contributed by atoms with van der Waals surface area (Å²) in [6.45, 7) is 4.91. The molecule has 0 amide bonds. The first kappa shape index (κ1) is 15.0. The molecule has 0 aliphatic carbocycles. The van der Waals surface area contributed by atoms with E-state index in [-0.39, 0.29) is 10.9 Å². The van der Waals surface area contributed by atoms with Crippen LogP contribution in [0.5, 0.6) is 0 Å². The maximum Gasteiger partial charge on any atom is 0.177 e. The number of aryl methyl sites for hydroxylation is 2. The lowest BCUT2D eigenvalue weighted by Gasteiger charge is -2.24. The van der Waals surface area contributed by atoms with Gasteiger partial charge in [0.05, 0.1) is 16.6 Å². The van der Waals surface area contributed by atoms with E-state index < -0.39 is 9.84 Å². The van der Waals surface area contributed by atoms with Crippen LogP contribution in [-0.4, -0.2) is 36.2 Å². The van der Waals surface area contributed by atoms with E-state index in [1.165, 1.54) is 12.5 Å². The van der Waals surface area contributed by atoms with Crippen LogP contribution >= 0.6 is 0 Å². The summed E-state index contributed by atoms with van der Waals surface area (Å²) < 4.78 is 23.0. The molecule has 1 aliphatic rings. The average Bonchev–Trinajstić information content (AvgIpc) is 3.06. The molecule has 3 heterocycles. The van der Waals surface area contributed by atoms with Crippen molar-refractivity contribution in [1.82, 2.24) is 15.0 Å². The molecule has 1 atom stereocenters. The van der Waals surface area contributed by atoms with Gasteiger partial charge in [0.1, 0.15) is 11.6 Å². The summed E-state index contributed by atoms with van der Waals surface area (Å²) in [5, 5.41) is 0. The van der Waals surface area contributed by atoms with E-state index in [0.29, 0.717) is 0 Å². The number of aromatic nitrogens is 3. The molecule has 1 saturated heterocycles. The molecule has 0 radical (unpaired) electrons. The molecule has 1 aliphatic heterocycles. The van der Waals surface area contributed by atoms with Crippen LogP contribution in [0.2, 0.25) is 0 Å². The first-order valence-electron chi connectivity index (χ1n) is 7.32. The van der Waals surface area contributed by atoms with Gasteiger partial charge in [-0.25, -0.2) is 18.4 Å². The van der Waals surface area contributed by atoms with E-state index in [0.717, 1.165) is 42.4 Å². The van der Waals surface area contributed by atoms with Gasteiger partial charge in [0, 0.05) is 24.7 Å². The molecule has 7 heteroatoms. The van der Waals surface area contributed by atoms with Crippen molar-refractivity contribution in [2.45, 2.75) is 37.6 Å². The quantitative estimate of drug-likeness (QED) is 0.937. The van der Waals surface area contributed by atoms with Gasteiger partial charge in [-0.05, 0) is 38.8 Å². The van der Waals surface area contributed by atoms with Gasteiger partial charge in [0.2, 0.25) is 0 Å². The summed E-state index contributed by atoms with van der Waals surface area (Å²) in [6.07, 6.45) is 4.70. The van der Waals surface area contributed by atoms with Gasteiger partial charge in [0.15, 0.2) is 9.84 Å². The predicted octanol–water partition coefficient (Wildman–Crippen LogP) is 2.17. The van der Waals surface area contributed by atoms with E-state index in [1.807, 2.05) is 13.8 Å². The second-order valence-electron chi connectivity index (χ2n) is 5.81. The van der Waals surface area contributed by atoms with E-state index >= 15 is 0 Å². The minimum absolute atomic E-state index is 0.170. The number of hydrogen-bond donors (Lipinski definition) is 1. The summed E-state index contributed by atoms with van der Waals surface area (Å²) >= 11 is 0. The molecular formula is C15H20N4O2S. The molecule has 2 aromatic heterocycles. The Kier molecular flexibility index (Phi) is 3.68. The fraction of sp³-hybridized carbons (Fsp3) is 0.467. The van der Waals surface area contributed by atoms with Crippen molar-refractivity contribution in [3.8, 4) is 0 Å². The first-order valence-corrected chi connectivity index (χ1v) is 9.21. The molecule has 0 aromatic carbocycles. The van der Waals surface area contributed by atoms with Crippen LogP contribution in [0, 0.1) is 13.8 Å². The number of sulfone groups is 1. The zero-order valence-corrected chi connectivity index (χ0v) is 13.8. The Morgan fingerprint density at radius 1 is 1.32 bits per heavy atom. The number of nitrogens with zero attached hydrogens (tertiary/aromatic N) is 3. The number of aromatic amines is 1. The van der Waals surface area contributed by atoms with Crippen LogP contribution in [0.1, 0.15) is 36.1 Å². The molecule has 1 fully saturated rings. The first-order chi connectivity index (χ1) is 10.4. The molecule has 118 valence electrons. The van der Waals surface area contributed by atoms with Crippen LogP contribution in [0.25, 0.3) is 0 Å². The molecule has 6 nitrogen and oxygen atoms in total. The Morgan fingerprint density at radius 3 is 2.64 bits per heavy atom. The van der Waals surface area contributed by atoms with E-state index in [1.54, 1.807) is 12.1 Å². The molecule has 1 N–H and O–H groups in total. The molecular weight excluding hydrogens is 300 g/mol. The zero-order chi connectivity index (χ0) is 15.9. The lowest BCUT2D eigenvalue weighted by molar-refractivity contribution is 0.601. The lowest BCUT2D eigenvalue weighted by Crippen LogP contribution is -2.24. The van der Waals surface area contributed by atoms with Gasteiger partial charge in [-0.3, -0.25) is 0 Å². The van der Waals surface area contributed by atoms with Gasteiger partial charge >= 0.3 is 0 Å². The van der Waals surface area contributed by atoms with Gasteiger partial charge in [-0.1, -0.05) is 0 Å². The van der Waals surface area contributed by atoms with Crippen LogP contribution < -0.4 is 4.90 Å². The number of anilines is 1. The summed E-state index contributed by atoms with van der Waals surface area (Å²) in [6, 6.07) is 3.56. The minimum Gasteiger partial charge on any atom is -0.346 e. The Morgan fingerprint density at radius 2 is 2.09 bits per heavy atom. The van der Waals surface area contributed by atoms with Crippen molar-refractivity contribution in [2.24, 2.45) is 0 Å². The molecule has 0 saturated carbocycles. The fourth-order valence-electron chi connectivity index (χ4n) is 2.82. The maximum absolute atomic E-state index is 11.5. The number of hydrogen-bond acceptors (Lipinski definition) is 5. The van der Waals surface area contributed by atoms with Crippen LogP contribution in [0.4, 0.5) is 5.82 Å². The molecule has 1 unspecified atom stereocenters. The van der Waals surface area contributed by atoms with Gasteiger partial charge in [-0.2, -0.15) is 0 Å². The Labute approximate surface area is 130 Å². The highest BCUT2D eigenvalue weighted by atomic mass is 32.2. The van der Waals surface area contributed by atoms with Gasteiger partial charge in [-0.15, -0.1) is 0 Å². The number of pyridine rings is 1. The standard InChI is InChI=1S/C15H20N4O2S/c1-10-11(2)18-15(17-10)13-5-4-8-19(13)14-7-6-12(9-16-14)22(3,20)21/h6-7,9,13H,4-5,8H2,1-3H3,(H,17,18). The predicted molar refractivity (Wildman–Crippen MR) is 84.7 cm³/mol. The highest BCUT2D eigenvalue weighted by molar-refractivity contribution is 7.90. The number of nitrogens with one attached hydrogen (secondary N) is 1. The summed E-state index contributed by atoms with van der Waals surface area (Å²) in [5.74, 6) is 1.75. The second kappa shape index (κ2) is 5.39. The SMILES string of the molecule is Cc1nc(C2CCCN2c2ccc(S(C)(=O)=O)cn2)[nH]c1C. The zero-order valence-electron chi connectivity index (χ0n) is 13.0. The van der Waals surface area contributed by atoms with Crippen LogP contribution in [-0.2, 0) is 9.84 Å². The number of rotatable bonds is 3. The van der Waals surface area contributed by atoms with Crippen molar-refractivity contribution in [1.29, 1.82) is 0 Å². The largest absolute Gasteiger partial charge is 0.346 e. The third-order valence-corrected chi connectivity index (χ3v) is 5.26. The van der Waals surface area contributed by atoms with Crippen molar-refractivity contribution in [2.75, 3.05) is 17.7 Å². The monoisotopic (exact) mass is 320 g/mol. The normalized spacial score (nSPS) is 18.9. The average molecular weight is 320 g/mol. The van der Waals surface area contributed by atoms with Crippen molar-refractivity contribution < 1.29 is 8.42 Å². The topological polar surface area (TPSA) is 79.0 Å². The van der Waals surface area contributed by atoms with Crippen molar-refractivity contribution in [3.05, 3.63) is 35.5 Å². The molecule has 2 aromatic rings. The fourth-order valence-corrected chi connectivity index (χ4v) is 3.38. The van der Waals surface area contributed by atoms with Crippen molar-refractivity contribution in [3.63, 3.8) is 0 Å². The van der Waals surface area contributed by atoms with E-state index in [2.05, 4.69) is 19.9 Å². The minimum atomic E-state index is -3.21.